The van der Waals surface area contributed by atoms with Gasteiger partial charge in [-0.2, -0.15) is 0 Å². The Morgan fingerprint density at radius 2 is 1.83 bits per heavy atom. The molecule has 0 radical (unpaired) electrons. The van der Waals surface area contributed by atoms with Gasteiger partial charge in [-0.25, -0.2) is 8.78 Å². The molecular formula is C14H21F2NO. The van der Waals surface area contributed by atoms with Crippen molar-refractivity contribution in [1.82, 2.24) is 5.32 Å². The van der Waals surface area contributed by atoms with E-state index < -0.39 is 11.6 Å². The predicted molar refractivity (Wildman–Crippen MR) is 68.7 cm³/mol. The van der Waals surface area contributed by atoms with E-state index in [-0.39, 0.29) is 11.7 Å². The van der Waals surface area contributed by atoms with E-state index in [9.17, 15) is 8.78 Å². The first kappa shape index (κ1) is 14.9. The van der Waals surface area contributed by atoms with Gasteiger partial charge in [0, 0.05) is 6.54 Å². The average Bonchev–Trinajstić information content (AvgIpc) is 2.28. The van der Waals surface area contributed by atoms with E-state index in [0.717, 1.165) is 13.0 Å². The van der Waals surface area contributed by atoms with Crippen LogP contribution < -0.4 is 10.1 Å². The van der Waals surface area contributed by atoms with Crippen molar-refractivity contribution in [2.45, 2.75) is 33.7 Å². The van der Waals surface area contributed by atoms with Gasteiger partial charge in [0.25, 0.3) is 0 Å². The van der Waals surface area contributed by atoms with Crippen molar-refractivity contribution in [2.24, 2.45) is 5.92 Å². The van der Waals surface area contributed by atoms with Gasteiger partial charge in [0.1, 0.15) is 0 Å². The van der Waals surface area contributed by atoms with E-state index in [1.807, 2.05) is 20.8 Å². The molecule has 1 rings (SSSR count). The molecule has 1 aromatic rings. The third-order valence-corrected chi connectivity index (χ3v) is 2.37. The van der Waals surface area contributed by atoms with E-state index >= 15 is 0 Å². The zero-order chi connectivity index (χ0) is 13.5. The molecule has 0 atom stereocenters. The van der Waals surface area contributed by atoms with Gasteiger partial charge in [0.15, 0.2) is 17.4 Å². The van der Waals surface area contributed by atoms with Crippen LogP contribution in [0.1, 0.15) is 32.8 Å². The standard InChI is InChI=1S/C14H21F2NO/c1-4-5-17-8-11-6-12(15)14(13(16)7-11)18-9-10(2)3/h6-7,10,17H,4-5,8-9H2,1-3H3. The SMILES string of the molecule is CCCNCc1cc(F)c(OCC(C)C)c(F)c1. The highest BCUT2D eigenvalue weighted by molar-refractivity contribution is 5.31. The average molecular weight is 257 g/mol. The number of rotatable bonds is 7. The smallest absolute Gasteiger partial charge is 0.190 e. The van der Waals surface area contributed by atoms with Crippen LogP contribution in [0.25, 0.3) is 0 Å². The zero-order valence-corrected chi connectivity index (χ0v) is 11.2. The molecule has 2 nitrogen and oxygen atoms in total. The number of ether oxygens (including phenoxy) is 1. The largest absolute Gasteiger partial charge is 0.487 e. The van der Waals surface area contributed by atoms with Crippen molar-refractivity contribution in [3.8, 4) is 5.75 Å². The molecule has 0 heterocycles. The highest BCUT2D eigenvalue weighted by atomic mass is 19.1. The molecule has 0 aromatic heterocycles. The van der Waals surface area contributed by atoms with Gasteiger partial charge < -0.3 is 10.1 Å². The molecule has 0 saturated carbocycles. The van der Waals surface area contributed by atoms with E-state index in [1.54, 1.807) is 0 Å². The molecule has 102 valence electrons. The lowest BCUT2D eigenvalue weighted by molar-refractivity contribution is 0.247. The number of hydrogen-bond donors (Lipinski definition) is 1. The van der Waals surface area contributed by atoms with Crippen LogP contribution in [0.15, 0.2) is 12.1 Å². The van der Waals surface area contributed by atoms with Crippen LogP contribution in [0.3, 0.4) is 0 Å². The minimum absolute atomic E-state index is 0.231. The molecule has 4 heteroatoms. The van der Waals surface area contributed by atoms with Crippen LogP contribution in [0.4, 0.5) is 8.78 Å². The Morgan fingerprint density at radius 1 is 1.22 bits per heavy atom. The molecule has 0 aliphatic carbocycles. The highest BCUT2D eigenvalue weighted by Gasteiger charge is 2.13. The van der Waals surface area contributed by atoms with Crippen LogP contribution in [-0.4, -0.2) is 13.2 Å². The molecule has 0 amide bonds. The summed E-state index contributed by atoms with van der Waals surface area (Å²) < 4.78 is 32.5. The molecule has 1 N–H and O–H groups in total. The summed E-state index contributed by atoms with van der Waals surface area (Å²) in [7, 11) is 0. The lowest BCUT2D eigenvalue weighted by Gasteiger charge is -2.12. The quantitative estimate of drug-likeness (QED) is 0.755. The van der Waals surface area contributed by atoms with Crippen LogP contribution in [-0.2, 0) is 6.54 Å². The second-order valence-corrected chi connectivity index (χ2v) is 4.77. The van der Waals surface area contributed by atoms with Crippen molar-refractivity contribution in [1.29, 1.82) is 0 Å². The van der Waals surface area contributed by atoms with Gasteiger partial charge in [-0.05, 0) is 36.6 Å². The highest BCUT2D eigenvalue weighted by Crippen LogP contribution is 2.23. The maximum atomic E-state index is 13.7. The first-order valence-electron chi connectivity index (χ1n) is 6.36. The van der Waals surface area contributed by atoms with Gasteiger partial charge in [-0.1, -0.05) is 20.8 Å². The van der Waals surface area contributed by atoms with Crippen LogP contribution in [0.2, 0.25) is 0 Å². The molecule has 0 bridgehead atoms. The fraction of sp³-hybridized carbons (Fsp3) is 0.571. The Morgan fingerprint density at radius 3 is 2.33 bits per heavy atom. The fourth-order valence-corrected chi connectivity index (χ4v) is 1.51. The molecule has 0 saturated heterocycles. The van der Waals surface area contributed by atoms with Crippen molar-refractivity contribution in [2.75, 3.05) is 13.2 Å². The third-order valence-electron chi connectivity index (χ3n) is 2.37. The second-order valence-electron chi connectivity index (χ2n) is 4.77. The van der Waals surface area contributed by atoms with Crippen LogP contribution in [0, 0.1) is 17.6 Å². The van der Waals surface area contributed by atoms with Crippen LogP contribution >= 0.6 is 0 Å². The molecule has 0 aliphatic heterocycles. The maximum Gasteiger partial charge on any atom is 0.190 e. The zero-order valence-electron chi connectivity index (χ0n) is 11.2. The maximum absolute atomic E-state index is 13.7. The molecule has 0 spiro atoms. The third kappa shape index (κ3) is 4.61. The Hall–Kier alpha value is -1.16. The topological polar surface area (TPSA) is 21.3 Å². The predicted octanol–water partition coefficient (Wildman–Crippen LogP) is 3.50. The second kappa shape index (κ2) is 7.31. The lowest BCUT2D eigenvalue weighted by atomic mass is 10.2. The molecule has 0 unspecified atom stereocenters. The summed E-state index contributed by atoms with van der Waals surface area (Å²) in [6.45, 7) is 7.50. The summed E-state index contributed by atoms with van der Waals surface area (Å²) in [4.78, 5) is 0. The summed E-state index contributed by atoms with van der Waals surface area (Å²) >= 11 is 0. The first-order valence-corrected chi connectivity index (χ1v) is 6.36. The van der Waals surface area contributed by atoms with Gasteiger partial charge >= 0.3 is 0 Å². The van der Waals surface area contributed by atoms with Crippen molar-refractivity contribution < 1.29 is 13.5 Å². The Kier molecular flexibility index (Phi) is 6.05. The van der Waals surface area contributed by atoms with Gasteiger partial charge in [-0.3, -0.25) is 0 Å². The van der Waals surface area contributed by atoms with Crippen molar-refractivity contribution in [3.05, 3.63) is 29.3 Å². The molecule has 18 heavy (non-hydrogen) atoms. The summed E-state index contributed by atoms with van der Waals surface area (Å²) in [5, 5.41) is 3.10. The Labute approximate surface area is 107 Å². The van der Waals surface area contributed by atoms with Crippen molar-refractivity contribution >= 4 is 0 Å². The van der Waals surface area contributed by atoms with Gasteiger partial charge in [-0.15, -0.1) is 0 Å². The molecule has 1 aromatic carbocycles. The van der Waals surface area contributed by atoms with Gasteiger partial charge in [0.2, 0.25) is 0 Å². The van der Waals surface area contributed by atoms with Crippen LogP contribution in [0.5, 0.6) is 5.75 Å². The normalized spacial score (nSPS) is 11.0. The summed E-state index contributed by atoms with van der Waals surface area (Å²) in [5.74, 6) is -1.31. The monoisotopic (exact) mass is 257 g/mol. The van der Waals surface area contributed by atoms with Crippen molar-refractivity contribution in [3.63, 3.8) is 0 Å². The number of halogens is 2. The summed E-state index contributed by atoms with van der Waals surface area (Å²) in [6.07, 6.45) is 0.987. The molecule has 0 fully saturated rings. The van der Waals surface area contributed by atoms with E-state index in [0.29, 0.717) is 18.7 Å². The minimum atomic E-state index is -0.635. The Balaban J connectivity index is 2.71. The summed E-state index contributed by atoms with van der Waals surface area (Å²) in [6, 6.07) is 2.64. The number of hydrogen-bond acceptors (Lipinski definition) is 2. The van der Waals surface area contributed by atoms with E-state index in [4.69, 9.17) is 4.74 Å². The number of benzene rings is 1. The van der Waals surface area contributed by atoms with E-state index in [2.05, 4.69) is 5.32 Å². The number of nitrogens with one attached hydrogen (secondary N) is 1. The Bertz CT molecular complexity index is 357. The van der Waals surface area contributed by atoms with E-state index in [1.165, 1.54) is 12.1 Å². The lowest BCUT2D eigenvalue weighted by Crippen LogP contribution is -2.14. The first-order chi connectivity index (χ1) is 8.54. The van der Waals surface area contributed by atoms with Gasteiger partial charge in [0.05, 0.1) is 6.61 Å². The summed E-state index contributed by atoms with van der Waals surface area (Å²) in [5.41, 5.74) is 0.593. The fourth-order valence-electron chi connectivity index (χ4n) is 1.51. The minimum Gasteiger partial charge on any atom is -0.487 e. The molecule has 0 aliphatic rings. The molecular weight excluding hydrogens is 236 g/mol.